The van der Waals surface area contributed by atoms with E-state index >= 15 is 0 Å². The molecule has 0 aliphatic heterocycles. The van der Waals surface area contributed by atoms with Crippen molar-refractivity contribution in [2.45, 2.75) is 71.6 Å². The van der Waals surface area contributed by atoms with Gasteiger partial charge in [-0.1, -0.05) is 52.4 Å². The lowest BCUT2D eigenvalue weighted by atomic mass is 10.1. The van der Waals surface area contributed by atoms with Crippen molar-refractivity contribution in [1.29, 1.82) is 0 Å². The fourth-order valence-corrected chi connectivity index (χ4v) is 2.89. The Labute approximate surface area is 135 Å². The molecule has 0 fully saturated rings. The number of aryl methyl sites for hydroxylation is 1. The number of fused-ring (bicyclic) bond motifs is 1. The Morgan fingerprint density at radius 1 is 0.909 bits per heavy atom. The summed E-state index contributed by atoms with van der Waals surface area (Å²) in [6, 6.07) is 6.43. The van der Waals surface area contributed by atoms with Crippen molar-refractivity contribution in [2.75, 3.05) is 6.61 Å². The maximum Gasteiger partial charge on any atom is 0.120 e. The molecule has 22 heavy (non-hydrogen) atoms. The molecule has 1 aromatic heterocycles. The summed E-state index contributed by atoms with van der Waals surface area (Å²) in [7, 11) is 0. The van der Waals surface area contributed by atoms with E-state index in [-0.39, 0.29) is 0 Å². The molecule has 2 heteroatoms. The van der Waals surface area contributed by atoms with Crippen molar-refractivity contribution in [3.05, 3.63) is 30.0 Å². The lowest BCUT2D eigenvalue weighted by molar-refractivity contribution is 0.305. The Kier molecular flexibility index (Phi) is 7.35. The van der Waals surface area contributed by atoms with Crippen molar-refractivity contribution in [2.24, 2.45) is 0 Å². The highest BCUT2D eigenvalue weighted by molar-refractivity contribution is 5.84. The van der Waals surface area contributed by atoms with Gasteiger partial charge in [0.2, 0.25) is 0 Å². The van der Waals surface area contributed by atoms with Gasteiger partial charge in [-0.15, -0.1) is 0 Å². The smallest absolute Gasteiger partial charge is 0.120 e. The van der Waals surface area contributed by atoms with E-state index in [1.54, 1.807) is 0 Å². The minimum absolute atomic E-state index is 0.840. The molecule has 2 nitrogen and oxygen atoms in total. The van der Waals surface area contributed by atoms with Crippen LogP contribution in [0.25, 0.3) is 10.9 Å². The molecule has 0 atom stereocenters. The van der Waals surface area contributed by atoms with Gasteiger partial charge in [0, 0.05) is 17.1 Å². The normalized spacial score (nSPS) is 11.2. The van der Waals surface area contributed by atoms with Gasteiger partial charge in [0.15, 0.2) is 0 Å². The monoisotopic (exact) mass is 301 g/mol. The first kappa shape index (κ1) is 16.9. The van der Waals surface area contributed by atoms with Crippen LogP contribution in [0.1, 0.15) is 70.8 Å². The van der Waals surface area contributed by atoms with Crippen LogP contribution in [0.3, 0.4) is 0 Å². The predicted molar refractivity (Wildman–Crippen MR) is 95.8 cm³/mol. The number of aromatic amines is 1. The molecular formula is C20H31NO. The summed E-state index contributed by atoms with van der Waals surface area (Å²) in [4.78, 5) is 3.36. The van der Waals surface area contributed by atoms with Gasteiger partial charge in [0.25, 0.3) is 0 Å². The molecule has 0 radical (unpaired) electrons. The van der Waals surface area contributed by atoms with Crippen LogP contribution >= 0.6 is 0 Å². The number of nitrogens with one attached hydrogen (secondary N) is 1. The zero-order valence-corrected chi connectivity index (χ0v) is 14.3. The first-order valence-corrected chi connectivity index (χ1v) is 9.08. The Hall–Kier alpha value is -1.44. The molecule has 2 rings (SSSR count). The number of hydrogen-bond donors (Lipinski definition) is 1. The summed E-state index contributed by atoms with van der Waals surface area (Å²) in [5, 5.41) is 1.33. The van der Waals surface area contributed by atoms with Crippen molar-refractivity contribution in [3.8, 4) is 5.75 Å². The minimum Gasteiger partial charge on any atom is -0.494 e. The lowest BCUT2D eigenvalue weighted by Crippen LogP contribution is -1.97. The van der Waals surface area contributed by atoms with E-state index in [1.165, 1.54) is 61.4 Å². The molecule has 0 spiro atoms. The van der Waals surface area contributed by atoms with Crippen molar-refractivity contribution in [1.82, 2.24) is 4.98 Å². The second-order valence-corrected chi connectivity index (χ2v) is 6.24. The number of hydrogen-bond acceptors (Lipinski definition) is 1. The number of ether oxygens (including phenoxy) is 1. The van der Waals surface area contributed by atoms with Gasteiger partial charge in [0.05, 0.1) is 6.61 Å². The van der Waals surface area contributed by atoms with Gasteiger partial charge >= 0.3 is 0 Å². The molecule has 1 aromatic carbocycles. The SMILES string of the molecule is CCCCCCCCOc1ccc2[nH]cc(CCCC)c2c1. The summed E-state index contributed by atoms with van der Waals surface area (Å²) in [5.41, 5.74) is 2.64. The molecule has 1 N–H and O–H groups in total. The molecule has 0 saturated heterocycles. The van der Waals surface area contributed by atoms with Gasteiger partial charge < -0.3 is 9.72 Å². The number of aromatic nitrogens is 1. The lowest BCUT2D eigenvalue weighted by Gasteiger charge is -2.07. The third-order valence-corrected chi connectivity index (χ3v) is 4.31. The molecule has 0 bridgehead atoms. The summed E-state index contributed by atoms with van der Waals surface area (Å²) in [5.74, 6) is 1.01. The van der Waals surface area contributed by atoms with Crippen LogP contribution in [0.5, 0.6) is 5.75 Å². The van der Waals surface area contributed by atoms with E-state index in [2.05, 4.69) is 43.2 Å². The zero-order valence-electron chi connectivity index (χ0n) is 14.3. The van der Waals surface area contributed by atoms with Crippen LogP contribution in [0.4, 0.5) is 0 Å². The second kappa shape index (κ2) is 9.55. The molecule has 2 aromatic rings. The van der Waals surface area contributed by atoms with Gasteiger partial charge in [-0.25, -0.2) is 0 Å². The highest BCUT2D eigenvalue weighted by atomic mass is 16.5. The summed E-state index contributed by atoms with van der Waals surface area (Å²) in [6.07, 6.45) is 13.6. The van der Waals surface area contributed by atoms with Gasteiger partial charge in [-0.3, -0.25) is 0 Å². The maximum absolute atomic E-state index is 5.94. The van der Waals surface area contributed by atoms with Gasteiger partial charge in [-0.2, -0.15) is 0 Å². The number of H-pyrrole nitrogens is 1. The predicted octanol–water partition coefficient (Wildman–Crippen LogP) is 6.25. The molecule has 122 valence electrons. The molecular weight excluding hydrogens is 270 g/mol. The van der Waals surface area contributed by atoms with Crippen LogP contribution in [0.15, 0.2) is 24.4 Å². The summed E-state index contributed by atoms with van der Waals surface area (Å²) < 4.78 is 5.94. The average molecular weight is 301 g/mol. The van der Waals surface area contributed by atoms with E-state index in [1.807, 2.05) is 0 Å². The summed E-state index contributed by atoms with van der Waals surface area (Å²) >= 11 is 0. The molecule has 0 amide bonds. The molecule has 0 aliphatic carbocycles. The first-order chi connectivity index (χ1) is 10.8. The quantitative estimate of drug-likeness (QED) is 0.487. The largest absolute Gasteiger partial charge is 0.494 e. The van der Waals surface area contributed by atoms with Gasteiger partial charge in [-0.05, 0) is 43.0 Å². The van der Waals surface area contributed by atoms with E-state index < -0.39 is 0 Å². The average Bonchev–Trinajstić information content (AvgIpc) is 2.94. The highest BCUT2D eigenvalue weighted by Crippen LogP contribution is 2.25. The fraction of sp³-hybridized carbons (Fsp3) is 0.600. The third-order valence-electron chi connectivity index (χ3n) is 4.31. The van der Waals surface area contributed by atoms with Crippen LogP contribution in [-0.2, 0) is 6.42 Å². The van der Waals surface area contributed by atoms with E-state index in [0.29, 0.717) is 0 Å². The number of benzene rings is 1. The standard InChI is InChI=1S/C20H31NO/c1-3-5-7-8-9-10-14-22-18-12-13-20-19(15-18)17(16-21-20)11-6-4-2/h12-13,15-16,21H,3-11,14H2,1-2H3. The number of rotatable bonds is 11. The van der Waals surface area contributed by atoms with Crippen LogP contribution < -0.4 is 4.74 Å². The third kappa shape index (κ3) is 5.08. The Bertz CT molecular complexity index is 544. The summed E-state index contributed by atoms with van der Waals surface area (Å²) in [6.45, 7) is 5.34. The molecule has 0 unspecified atom stereocenters. The molecule has 1 heterocycles. The van der Waals surface area contributed by atoms with Crippen LogP contribution in [0.2, 0.25) is 0 Å². The zero-order chi connectivity index (χ0) is 15.6. The second-order valence-electron chi connectivity index (χ2n) is 6.24. The fourth-order valence-electron chi connectivity index (χ4n) is 2.89. The molecule has 0 aliphatic rings. The van der Waals surface area contributed by atoms with Crippen molar-refractivity contribution >= 4 is 10.9 Å². The first-order valence-electron chi connectivity index (χ1n) is 9.08. The van der Waals surface area contributed by atoms with Crippen molar-refractivity contribution < 1.29 is 4.74 Å². The Morgan fingerprint density at radius 2 is 1.68 bits per heavy atom. The van der Waals surface area contributed by atoms with Gasteiger partial charge in [0.1, 0.15) is 5.75 Å². The van der Waals surface area contributed by atoms with E-state index in [4.69, 9.17) is 4.74 Å². The maximum atomic E-state index is 5.94. The van der Waals surface area contributed by atoms with E-state index in [0.717, 1.165) is 25.2 Å². The number of unbranched alkanes of at least 4 members (excludes halogenated alkanes) is 6. The minimum atomic E-state index is 0.840. The van der Waals surface area contributed by atoms with Crippen LogP contribution in [0, 0.1) is 0 Å². The van der Waals surface area contributed by atoms with E-state index in [9.17, 15) is 0 Å². The van der Waals surface area contributed by atoms with Crippen molar-refractivity contribution in [3.63, 3.8) is 0 Å². The topological polar surface area (TPSA) is 25.0 Å². The highest BCUT2D eigenvalue weighted by Gasteiger charge is 2.05. The Balaban J connectivity index is 1.81. The Morgan fingerprint density at radius 3 is 2.50 bits per heavy atom. The molecule has 0 saturated carbocycles. The van der Waals surface area contributed by atoms with Crippen LogP contribution in [-0.4, -0.2) is 11.6 Å².